The molecular weight excluding hydrogens is 346 g/mol. The maximum atomic E-state index is 10.9. The van der Waals surface area contributed by atoms with Crippen molar-refractivity contribution in [3.05, 3.63) is 82.4 Å². The van der Waals surface area contributed by atoms with Crippen molar-refractivity contribution in [1.29, 1.82) is 0 Å². The number of phenols is 1. The molecule has 0 aliphatic heterocycles. The minimum absolute atomic E-state index is 0.259. The molecule has 27 heavy (non-hydrogen) atoms. The summed E-state index contributed by atoms with van der Waals surface area (Å²) in [4.78, 5) is 19.0. The number of nitro benzene ring substituents is 1. The van der Waals surface area contributed by atoms with Crippen molar-refractivity contribution >= 4 is 28.7 Å². The average Bonchev–Trinajstić information content (AvgIpc) is 3.11. The largest absolute Gasteiger partial charge is 0.502 e. The molecule has 0 radical (unpaired) electrons. The minimum atomic E-state index is -0.640. The van der Waals surface area contributed by atoms with Gasteiger partial charge in [-0.05, 0) is 36.4 Å². The molecule has 0 spiro atoms. The molecule has 0 saturated carbocycles. The first kappa shape index (κ1) is 16.5. The predicted molar refractivity (Wildman–Crippen MR) is 101 cm³/mol. The van der Waals surface area contributed by atoms with Crippen molar-refractivity contribution in [1.82, 2.24) is 4.98 Å². The molecule has 0 fully saturated rings. The van der Waals surface area contributed by atoms with E-state index in [2.05, 4.69) is 9.98 Å². The molecule has 7 heteroatoms. The normalized spacial score (nSPS) is 11.3. The lowest BCUT2D eigenvalue weighted by molar-refractivity contribution is -0.385. The van der Waals surface area contributed by atoms with Crippen LogP contribution in [0.25, 0.3) is 22.6 Å². The van der Waals surface area contributed by atoms with Gasteiger partial charge in [0.25, 0.3) is 0 Å². The van der Waals surface area contributed by atoms with Crippen LogP contribution in [0.4, 0.5) is 11.4 Å². The number of hydrogen-bond donors (Lipinski definition) is 1. The van der Waals surface area contributed by atoms with Crippen molar-refractivity contribution in [2.24, 2.45) is 4.99 Å². The monoisotopic (exact) mass is 359 g/mol. The maximum Gasteiger partial charge on any atom is 0.311 e. The fourth-order valence-corrected chi connectivity index (χ4v) is 2.64. The van der Waals surface area contributed by atoms with Crippen LogP contribution in [0.1, 0.15) is 5.56 Å². The predicted octanol–water partition coefficient (Wildman–Crippen LogP) is 4.86. The third-order valence-corrected chi connectivity index (χ3v) is 3.99. The summed E-state index contributed by atoms with van der Waals surface area (Å²) in [6.45, 7) is 0. The lowest BCUT2D eigenvalue weighted by Gasteiger charge is -1.99. The van der Waals surface area contributed by atoms with E-state index in [4.69, 9.17) is 4.42 Å². The molecule has 0 aliphatic rings. The Balaban J connectivity index is 1.66. The summed E-state index contributed by atoms with van der Waals surface area (Å²) in [6, 6.07) is 19.1. The number of phenolic OH excluding ortho intramolecular Hbond substituents is 1. The number of oxazole rings is 1. The molecule has 0 amide bonds. The van der Waals surface area contributed by atoms with Gasteiger partial charge in [0.05, 0.1) is 10.6 Å². The van der Waals surface area contributed by atoms with Crippen LogP contribution in [-0.2, 0) is 0 Å². The standard InChI is InChI=1S/C20H13N3O4/c24-19-14(7-4-8-17(19)23(25)26)12-21-15-9-10-18-16(11-15)22-20(27-18)13-5-2-1-3-6-13/h1-12,24H. The number of rotatable bonds is 4. The Morgan fingerprint density at radius 3 is 2.67 bits per heavy atom. The second kappa shape index (κ2) is 6.72. The van der Waals surface area contributed by atoms with Gasteiger partial charge in [-0.1, -0.05) is 24.3 Å². The van der Waals surface area contributed by atoms with Crippen LogP contribution in [0.15, 0.2) is 76.1 Å². The molecule has 132 valence electrons. The van der Waals surface area contributed by atoms with Crippen LogP contribution in [0.3, 0.4) is 0 Å². The average molecular weight is 359 g/mol. The third kappa shape index (κ3) is 3.25. The number of hydrogen-bond acceptors (Lipinski definition) is 6. The first-order valence-electron chi connectivity index (χ1n) is 8.08. The molecule has 1 heterocycles. The quantitative estimate of drug-likeness (QED) is 0.318. The summed E-state index contributed by atoms with van der Waals surface area (Å²) in [5, 5.41) is 20.9. The van der Waals surface area contributed by atoms with Crippen LogP contribution in [-0.4, -0.2) is 21.2 Å². The van der Waals surface area contributed by atoms with E-state index in [0.717, 1.165) is 5.56 Å². The van der Waals surface area contributed by atoms with Crippen molar-refractivity contribution in [2.45, 2.75) is 0 Å². The molecule has 7 nitrogen and oxygen atoms in total. The van der Waals surface area contributed by atoms with Gasteiger partial charge in [0.2, 0.25) is 11.6 Å². The van der Waals surface area contributed by atoms with Crippen LogP contribution in [0, 0.1) is 10.1 Å². The molecule has 4 aromatic rings. The summed E-state index contributed by atoms with van der Waals surface area (Å²) in [7, 11) is 0. The number of benzene rings is 3. The van der Waals surface area contributed by atoms with E-state index in [9.17, 15) is 15.2 Å². The van der Waals surface area contributed by atoms with Gasteiger partial charge in [-0.15, -0.1) is 0 Å². The summed E-state index contributed by atoms with van der Waals surface area (Å²) < 4.78 is 5.76. The van der Waals surface area contributed by atoms with E-state index in [1.165, 1.54) is 18.3 Å². The molecule has 0 atom stereocenters. The van der Waals surface area contributed by atoms with Gasteiger partial charge in [0.1, 0.15) is 5.52 Å². The van der Waals surface area contributed by atoms with E-state index in [1.54, 1.807) is 24.3 Å². The topological polar surface area (TPSA) is 102 Å². The van der Waals surface area contributed by atoms with Gasteiger partial charge in [-0.25, -0.2) is 4.98 Å². The van der Waals surface area contributed by atoms with E-state index >= 15 is 0 Å². The summed E-state index contributed by atoms with van der Waals surface area (Å²) in [6.07, 6.45) is 1.38. The second-order valence-corrected chi connectivity index (χ2v) is 5.77. The van der Waals surface area contributed by atoms with Crippen LogP contribution >= 0.6 is 0 Å². The highest BCUT2D eigenvalue weighted by Gasteiger charge is 2.15. The number of nitrogens with zero attached hydrogens (tertiary/aromatic N) is 3. The van der Waals surface area contributed by atoms with Gasteiger partial charge in [0, 0.05) is 23.4 Å². The molecule has 3 aromatic carbocycles. The van der Waals surface area contributed by atoms with Crippen LogP contribution in [0.2, 0.25) is 0 Å². The summed E-state index contributed by atoms with van der Waals surface area (Å²) in [5.74, 6) is 0.100. The van der Waals surface area contributed by atoms with E-state index in [0.29, 0.717) is 22.7 Å². The Labute approximate surface area is 153 Å². The Morgan fingerprint density at radius 2 is 1.89 bits per heavy atom. The molecule has 0 unspecified atom stereocenters. The fraction of sp³-hybridized carbons (Fsp3) is 0. The smallest absolute Gasteiger partial charge is 0.311 e. The van der Waals surface area contributed by atoms with Gasteiger partial charge in [0.15, 0.2) is 5.58 Å². The van der Waals surface area contributed by atoms with Crippen molar-refractivity contribution in [3.63, 3.8) is 0 Å². The van der Waals surface area contributed by atoms with E-state index in [-0.39, 0.29) is 11.3 Å². The zero-order valence-electron chi connectivity index (χ0n) is 13.9. The Morgan fingerprint density at radius 1 is 1.07 bits per heavy atom. The molecule has 0 saturated heterocycles. The number of aromatic hydroxyl groups is 1. The molecule has 1 N–H and O–H groups in total. The zero-order valence-corrected chi connectivity index (χ0v) is 13.9. The van der Waals surface area contributed by atoms with E-state index < -0.39 is 10.7 Å². The van der Waals surface area contributed by atoms with Crippen molar-refractivity contribution < 1.29 is 14.4 Å². The Kier molecular flexibility index (Phi) is 4.10. The van der Waals surface area contributed by atoms with Crippen molar-refractivity contribution in [3.8, 4) is 17.2 Å². The molecule has 4 rings (SSSR count). The Hall–Kier alpha value is -4.00. The number of aliphatic imine (C=N–C) groups is 1. The lowest BCUT2D eigenvalue weighted by atomic mass is 10.2. The number of nitro groups is 1. The highest BCUT2D eigenvalue weighted by atomic mass is 16.6. The first-order chi connectivity index (χ1) is 13.1. The lowest BCUT2D eigenvalue weighted by Crippen LogP contribution is -1.91. The summed E-state index contributed by atoms with van der Waals surface area (Å²) in [5.41, 5.74) is 2.63. The molecule has 0 bridgehead atoms. The van der Waals surface area contributed by atoms with Gasteiger partial charge in [-0.2, -0.15) is 0 Å². The fourth-order valence-electron chi connectivity index (χ4n) is 2.64. The second-order valence-electron chi connectivity index (χ2n) is 5.77. The third-order valence-electron chi connectivity index (χ3n) is 3.99. The summed E-state index contributed by atoms with van der Waals surface area (Å²) >= 11 is 0. The van der Waals surface area contributed by atoms with Gasteiger partial charge >= 0.3 is 5.69 Å². The van der Waals surface area contributed by atoms with Crippen LogP contribution in [0.5, 0.6) is 5.75 Å². The highest BCUT2D eigenvalue weighted by Crippen LogP contribution is 2.30. The first-order valence-corrected chi connectivity index (χ1v) is 8.08. The highest BCUT2D eigenvalue weighted by molar-refractivity contribution is 5.88. The maximum absolute atomic E-state index is 10.9. The van der Waals surface area contributed by atoms with Gasteiger partial charge in [-0.3, -0.25) is 15.1 Å². The van der Waals surface area contributed by atoms with Gasteiger partial charge < -0.3 is 9.52 Å². The van der Waals surface area contributed by atoms with Crippen molar-refractivity contribution in [2.75, 3.05) is 0 Å². The molecular formula is C20H13N3O4. The number of fused-ring (bicyclic) bond motifs is 1. The Bertz CT molecular complexity index is 1170. The number of para-hydroxylation sites is 1. The minimum Gasteiger partial charge on any atom is -0.502 e. The van der Waals surface area contributed by atoms with Crippen LogP contribution < -0.4 is 0 Å². The molecule has 0 aliphatic carbocycles. The van der Waals surface area contributed by atoms with E-state index in [1.807, 2.05) is 30.3 Å². The SMILES string of the molecule is O=[N+]([O-])c1cccc(C=Nc2ccc3oc(-c4ccccc4)nc3c2)c1O. The zero-order chi connectivity index (χ0) is 18.8. The number of aromatic nitrogens is 1. The molecule has 1 aromatic heterocycles.